The van der Waals surface area contributed by atoms with Crippen molar-refractivity contribution >= 4 is 0 Å². The van der Waals surface area contributed by atoms with Crippen LogP contribution in [0, 0.1) is 19.8 Å². The van der Waals surface area contributed by atoms with Gasteiger partial charge in [0.25, 0.3) is 0 Å². The van der Waals surface area contributed by atoms with E-state index in [1.165, 1.54) is 36.8 Å². The molecule has 1 aromatic carbocycles. The minimum absolute atomic E-state index is 0.703. The second-order valence-corrected chi connectivity index (χ2v) is 5.47. The molecule has 1 aliphatic carbocycles. The summed E-state index contributed by atoms with van der Waals surface area (Å²) in [6.45, 7) is 7.89. The molecule has 0 saturated heterocycles. The van der Waals surface area contributed by atoms with Gasteiger partial charge in [0.1, 0.15) is 0 Å². The van der Waals surface area contributed by atoms with Crippen molar-refractivity contribution in [3.63, 3.8) is 0 Å². The van der Waals surface area contributed by atoms with Gasteiger partial charge in [0.05, 0.1) is 0 Å². The molecule has 0 amide bonds. The van der Waals surface area contributed by atoms with Gasteiger partial charge in [-0.05, 0) is 68.7 Å². The molecule has 1 heteroatoms. The Morgan fingerprint density at radius 3 is 2.41 bits per heavy atom. The molecule has 1 N–H and O–H groups in total. The first-order valence-corrected chi connectivity index (χ1v) is 7.00. The fourth-order valence-corrected chi connectivity index (χ4v) is 2.62. The van der Waals surface area contributed by atoms with E-state index in [4.69, 9.17) is 0 Å². The molecule has 1 fully saturated rings. The standard InChI is InChI=1S/C16H25N/c1-4-10-17-16(14-8-9-14)11-15-12(2)6-5-7-13(15)3/h5-7,14,16-17H,4,8-11H2,1-3H3. The first kappa shape index (κ1) is 12.6. The van der Waals surface area contributed by atoms with Crippen LogP contribution in [0.2, 0.25) is 0 Å². The summed E-state index contributed by atoms with van der Waals surface area (Å²) >= 11 is 0. The summed E-state index contributed by atoms with van der Waals surface area (Å²) in [6, 6.07) is 7.35. The zero-order valence-corrected chi connectivity index (χ0v) is 11.4. The lowest BCUT2D eigenvalue weighted by Gasteiger charge is -2.20. The van der Waals surface area contributed by atoms with Gasteiger partial charge in [-0.25, -0.2) is 0 Å². The quantitative estimate of drug-likeness (QED) is 0.788. The SMILES string of the molecule is CCCNC(Cc1c(C)cccc1C)C1CC1. The second-order valence-electron chi connectivity index (χ2n) is 5.47. The molecule has 1 atom stereocenters. The molecule has 1 saturated carbocycles. The van der Waals surface area contributed by atoms with E-state index in [1.807, 2.05) is 0 Å². The van der Waals surface area contributed by atoms with Crippen molar-refractivity contribution in [1.29, 1.82) is 0 Å². The van der Waals surface area contributed by atoms with Crippen molar-refractivity contribution in [2.45, 2.75) is 52.5 Å². The fourth-order valence-electron chi connectivity index (χ4n) is 2.62. The second kappa shape index (κ2) is 5.68. The number of hydrogen-bond donors (Lipinski definition) is 1. The minimum atomic E-state index is 0.703. The predicted octanol–water partition coefficient (Wildman–Crippen LogP) is 3.62. The van der Waals surface area contributed by atoms with Gasteiger partial charge in [-0.15, -0.1) is 0 Å². The van der Waals surface area contributed by atoms with Crippen molar-refractivity contribution in [1.82, 2.24) is 5.32 Å². The highest BCUT2D eigenvalue weighted by atomic mass is 14.9. The first-order chi connectivity index (χ1) is 8.22. The molecule has 0 heterocycles. The third-order valence-electron chi connectivity index (χ3n) is 3.92. The van der Waals surface area contributed by atoms with Crippen molar-refractivity contribution < 1.29 is 0 Å². The maximum atomic E-state index is 3.73. The summed E-state index contributed by atoms with van der Waals surface area (Å²) in [5.74, 6) is 0.931. The van der Waals surface area contributed by atoms with Gasteiger partial charge >= 0.3 is 0 Å². The highest BCUT2D eigenvalue weighted by molar-refractivity contribution is 5.34. The van der Waals surface area contributed by atoms with Crippen LogP contribution in [0.25, 0.3) is 0 Å². The zero-order chi connectivity index (χ0) is 12.3. The molecule has 1 nitrogen and oxygen atoms in total. The monoisotopic (exact) mass is 231 g/mol. The maximum absolute atomic E-state index is 3.73. The largest absolute Gasteiger partial charge is 0.313 e. The van der Waals surface area contributed by atoms with E-state index in [0.717, 1.165) is 12.5 Å². The van der Waals surface area contributed by atoms with E-state index < -0.39 is 0 Å². The first-order valence-electron chi connectivity index (χ1n) is 7.00. The molecule has 17 heavy (non-hydrogen) atoms. The third-order valence-corrected chi connectivity index (χ3v) is 3.92. The molecule has 0 spiro atoms. The minimum Gasteiger partial charge on any atom is -0.313 e. The van der Waals surface area contributed by atoms with Gasteiger partial charge in [0.2, 0.25) is 0 Å². The summed E-state index contributed by atoms with van der Waals surface area (Å²) in [5.41, 5.74) is 4.47. The van der Waals surface area contributed by atoms with Gasteiger partial charge in [-0.1, -0.05) is 25.1 Å². The van der Waals surface area contributed by atoms with E-state index >= 15 is 0 Å². The molecule has 0 radical (unpaired) electrons. The number of aryl methyl sites for hydroxylation is 2. The van der Waals surface area contributed by atoms with Crippen LogP contribution < -0.4 is 5.32 Å². The van der Waals surface area contributed by atoms with Crippen LogP contribution in [-0.4, -0.2) is 12.6 Å². The molecular formula is C16H25N. The Labute approximate surface area is 106 Å². The lowest BCUT2D eigenvalue weighted by atomic mass is 9.94. The Kier molecular flexibility index (Phi) is 4.22. The highest BCUT2D eigenvalue weighted by Gasteiger charge is 2.31. The van der Waals surface area contributed by atoms with Crippen LogP contribution >= 0.6 is 0 Å². The molecule has 94 valence electrons. The van der Waals surface area contributed by atoms with Gasteiger partial charge in [-0.3, -0.25) is 0 Å². The Bertz CT molecular complexity index is 346. The number of rotatable bonds is 6. The average Bonchev–Trinajstić information content (AvgIpc) is 3.12. The zero-order valence-electron chi connectivity index (χ0n) is 11.4. The highest BCUT2D eigenvalue weighted by Crippen LogP contribution is 2.34. The van der Waals surface area contributed by atoms with Crippen molar-refractivity contribution in [3.8, 4) is 0 Å². The van der Waals surface area contributed by atoms with Crippen LogP contribution in [0.15, 0.2) is 18.2 Å². The Morgan fingerprint density at radius 2 is 1.88 bits per heavy atom. The third kappa shape index (κ3) is 3.32. The summed E-state index contributed by atoms with van der Waals surface area (Å²) in [4.78, 5) is 0. The smallest absolute Gasteiger partial charge is 0.0136 e. The summed E-state index contributed by atoms with van der Waals surface area (Å²) in [6.07, 6.45) is 5.29. The Balaban J connectivity index is 2.06. The average molecular weight is 231 g/mol. The topological polar surface area (TPSA) is 12.0 Å². The maximum Gasteiger partial charge on any atom is 0.0136 e. The van der Waals surface area contributed by atoms with Crippen molar-refractivity contribution in [3.05, 3.63) is 34.9 Å². The molecule has 0 aliphatic heterocycles. The van der Waals surface area contributed by atoms with E-state index in [-0.39, 0.29) is 0 Å². The van der Waals surface area contributed by atoms with Gasteiger partial charge in [-0.2, -0.15) is 0 Å². The van der Waals surface area contributed by atoms with Crippen LogP contribution in [-0.2, 0) is 6.42 Å². The number of hydrogen-bond acceptors (Lipinski definition) is 1. The molecular weight excluding hydrogens is 206 g/mol. The van der Waals surface area contributed by atoms with Gasteiger partial charge < -0.3 is 5.32 Å². The molecule has 1 aliphatic rings. The molecule has 0 aromatic heterocycles. The van der Waals surface area contributed by atoms with Gasteiger partial charge in [0, 0.05) is 6.04 Å². The number of nitrogens with one attached hydrogen (secondary N) is 1. The molecule has 1 aromatic rings. The normalized spacial score (nSPS) is 17.1. The molecule has 0 bridgehead atoms. The van der Waals surface area contributed by atoms with E-state index in [2.05, 4.69) is 44.3 Å². The summed E-state index contributed by atoms with van der Waals surface area (Å²) in [5, 5.41) is 3.73. The lowest BCUT2D eigenvalue weighted by molar-refractivity contribution is 0.458. The van der Waals surface area contributed by atoms with E-state index in [0.29, 0.717) is 6.04 Å². The lowest BCUT2D eigenvalue weighted by Crippen LogP contribution is -2.34. The summed E-state index contributed by atoms with van der Waals surface area (Å²) < 4.78 is 0. The van der Waals surface area contributed by atoms with Crippen molar-refractivity contribution in [2.24, 2.45) is 5.92 Å². The van der Waals surface area contributed by atoms with E-state index in [9.17, 15) is 0 Å². The van der Waals surface area contributed by atoms with Crippen LogP contribution in [0.4, 0.5) is 0 Å². The summed E-state index contributed by atoms with van der Waals surface area (Å²) in [7, 11) is 0. The molecule has 1 unspecified atom stereocenters. The Morgan fingerprint density at radius 1 is 1.24 bits per heavy atom. The predicted molar refractivity (Wildman–Crippen MR) is 74.4 cm³/mol. The van der Waals surface area contributed by atoms with Crippen molar-refractivity contribution in [2.75, 3.05) is 6.54 Å². The van der Waals surface area contributed by atoms with Gasteiger partial charge in [0.15, 0.2) is 0 Å². The Hall–Kier alpha value is -0.820. The fraction of sp³-hybridized carbons (Fsp3) is 0.625. The van der Waals surface area contributed by atoms with Crippen LogP contribution in [0.3, 0.4) is 0 Å². The van der Waals surface area contributed by atoms with Crippen LogP contribution in [0.5, 0.6) is 0 Å². The number of benzene rings is 1. The van der Waals surface area contributed by atoms with E-state index in [1.54, 1.807) is 5.56 Å². The van der Waals surface area contributed by atoms with Crippen LogP contribution in [0.1, 0.15) is 42.9 Å². The molecule has 2 rings (SSSR count).